The zero-order valence-corrected chi connectivity index (χ0v) is 11.9. The number of hydrogen-bond donors (Lipinski definition) is 0. The fourth-order valence-corrected chi connectivity index (χ4v) is 2.02. The highest BCUT2D eigenvalue weighted by Crippen LogP contribution is 2.24. The molecule has 0 atom stereocenters. The first-order chi connectivity index (χ1) is 10.3. The molecule has 3 heterocycles. The van der Waals surface area contributed by atoms with Crippen LogP contribution >= 0.6 is 11.6 Å². The third-order valence-corrected chi connectivity index (χ3v) is 3.01. The molecule has 0 unspecified atom stereocenters. The molecule has 3 aromatic rings. The van der Waals surface area contributed by atoms with E-state index in [0.29, 0.717) is 29.0 Å². The van der Waals surface area contributed by atoms with Gasteiger partial charge >= 0.3 is 0 Å². The predicted octanol–water partition coefficient (Wildman–Crippen LogP) is 2.79. The van der Waals surface area contributed by atoms with Gasteiger partial charge in [0.15, 0.2) is 5.15 Å². The topological polar surface area (TPSA) is 65.2 Å². The summed E-state index contributed by atoms with van der Waals surface area (Å²) in [5.41, 5.74) is 2.11. The van der Waals surface area contributed by atoms with Crippen LogP contribution in [0.15, 0.2) is 43.5 Å². The third-order valence-electron chi connectivity index (χ3n) is 2.82. The van der Waals surface area contributed by atoms with Crippen molar-refractivity contribution >= 4 is 17.2 Å². The van der Waals surface area contributed by atoms with Crippen molar-refractivity contribution in [3.63, 3.8) is 0 Å². The van der Waals surface area contributed by atoms with Crippen LogP contribution < -0.4 is 4.74 Å². The first-order valence-electron chi connectivity index (χ1n) is 6.34. The second-order valence-electron chi connectivity index (χ2n) is 4.28. The maximum Gasteiger partial charge on any atom is 0.258 e. The van der Waals surface area contributed by atoms with Gasteiger partial charge in [-0.05, 0) is 12.5 Å². The molecule has 21 heavy (non-hydrogen) atoms. The van der Waals surface area contributed by atoms with E-state index < -0.39 is 0 Å². The third kappa shape index (κ3) is 2.85. The molecule has 0 saturated carbocycles. The minimum atomic E-state index is 0.314. The van der Waals surface area contributed by atoms with Gasteiger partial charge in [0.05, 0.1) is 18.5 Å². The van der Waals surface area contributed by atoms with Crippen LogP contribution in [0.5, 0.6) is 5.88 Å². The summed E-state index contributed by atoms with van der Waals surface area (Å²) >= 11 is 5.87. The standard InChI is InChI=1S/C14H12ClN5O/c1-2-3-6-21-14-13-16-4-5-20(13)9-11(18-14)10-7-12(15)19-17-8-10/h2,4-5,7-9H,1,3,6H2. The Morgan fingerprint density at radius 2 is 2.33 bits per heavy atom. The highest BCUT2D eigenvalue weighted by Gasteiger charge is 2.11. The molecule has 6 nitrogen and oxygen atoms in total. The molecule has 0 aliphatic rings. The summed E-state index contributed by atoms with van der Waals surface area (Å²) in [6.45, 7) is 4.17. The lowest BCUT2D eigenvalue weighted by atomic mass is 10.2. The molecule has 0 aliphatic heterocycles. The summed E-state index contributed by atoms with van der Waals surface area (Å²) in [6, 6.07) is 1.70. The van der Waals surface area contributed by atoms with Gasteiger partial charge in [0.2, 0.25) is 5.65 Å². The second kappa shape index (κ2) is 5.88. The number of rotatable bonds is 5. The molecule has 0 bridgehead atoms. The van der Waals surface area contributed by atoms with Gasteiger partial charge in [-0.1, -0.05) is 17.7 Å². The number of fused-ring (bicyclic) bond motifs is 1. The fourth-order valence-electron chi connectivity index (χ4n) is 1.86. The zero-order valence-electron chi connectivity index (χ0n) is 11.1. The van der Waals surface area contributed by atoms with E-state index in [-0.39, 0.29) is 0 Å². The van der Waals surface area contributed by atoms with Crippen LogP contribution in [0.25, 0.3) is 16.9 Å². The summed E-state index contributed by atoms with van der Waals surface area (Å²) in [6.07, 6.45) is 9.50. The summed E-state index contributed by atoms with van der Waals surface area (Å²) in [4.78, 5) is 8.74. The van der Waals surface area contributed by atoms with E-state index in [1.807, 2.05) is 16.8 Å². The van der Waals surface area contributed by atoms with Gasteiger partial charge in [-0.3, -0.25) is 0 Å². The molecular formula is C14H12ClN5O. The Morgan fingerprint density at radius 1 is 1.43 bits per heavy atom. The first kappa shape index (κ1) is 13.5. The Kier molecular flexibility index (Phi) is 3.79. The van der Waals surface area contributed by atoms with E-state index >= 15 is 0 Å². The molecule has 106 valence electrons. The van der Waals surface area contributed by atoms with Crippen molar-refractivity contribution in [2.45, 2.75) is 6.42 Å². The Labute approximate surface area is 126 Å². The normalized spacial score (nSPS) is 10.7. The molecule has 0 spiro atoms. The van der Waals surface area contributed by atoms with Crippen LogP contribution in [-0.2, 0) is 0 Å². The van der Waals surface area contributed by atoms with E-state index in [1.54, 1.807) is 24.5 Å². The number of hydrogen-bond acceptors (Lipinski definition) is 5. The lowest BCUT2D eigenvalue weighted by Gasteiger charge is -2.08. The van der Waals surface area contributed by atoms with Crippen LogP contribution in [0.3, 0.4) is 0 Å². The van der Waals surface area contributed by atoms with Crippen LogP contribution in [0.2, 0.25) is 5.15 Å². The van der Waals surface area contributed by atoms with Crippen molar-refractivity contribution < 1.29 is 4.74 Å². The predicted molar refractivity (Wildman–Crippen MR) is 79.3 cm³/mol. The van der Waals surface area contributed by atoms with Gasteiger partial charge in [-0.15, -0.1) is 11.7 Å². The van der Waals surface area contributed by atoms with Gasteiger partial charge in [-0.2, -0.15) is 5.10 Å². The Morgan fingerprint density at radius 3 is 3.14 bits per heavy atom. The molecular weight excluding hydrogens is 290 g/mol. The first-order valence-corrected chi connectivity index (χ1v) is 6.72. The molecule has 0 N–H and O–H groups in total. The van der Waals surface area contributed by atoms with Gasteiger partial charge in [0, 0.05) is 24.2 Å². The van der Waals surface area contributed by atoms with Crippen molar-refractivity contribution in [2.75, 3.05) is 6.61 Å². The minimum absolute atomic E-state index is 0.314. The zero-order chi connectivity index (χ0) is 14.7. The van der Waals surface area contributed by atoms with E-state index in [2.05, 4.69) is 26.7 Å². The highest BCUT2D eigenvalue weighted by atomic mass is 35.5. The molecule has 0 fully saturated rings. The lowest BCUT2D eigenvalue weighted by Crippen LogP contribution is -2.02. The van der Waals surface area contributed by atoms with Crippen molar-refractivity contribution in [3.05, 3.63) is 48.7 Å². The molecule has 0 saturated heterocycles. The number of halogens is 1. The van der Waals surface area contributed by atoms with Crippen LogP contribution in [0.1, 0.15) is 6.42 Å². The fraction of sp³-hybridized carbons (Fsp3) is 0.143. The molecule has 3 rings (SSSR count). The monoisotopic (exact) mass is 301 g/mol. The Hall–Kier alpha value is -2.47. The largest absolute Gasteiger partial charge is 0.475 e. The summed E-state index contributed by atoms with van der Waals surface area (Å²) in [5.74, 6) is 0.465. The van der Waals surface area contributed by atoms with Crippen molar-refractivity contribution in [2.24, 2.45) is 0 Å². The molecule has 0 radical (unpaired) electrons. The number of nitrogens with zero attached hydrogens (tertiary/aromatic N) is 5. The SMILES string of the molecule is C=CCCOc1nc(-c2cnnc(Cl)c2)cn2ccnc12. The van der Waals surface area contributed by atoms with Crippen LogP contribution in [-0.4, -0.2) is 31.2 Å². The lowest BCUT2D eigenvalue weighted by molar-refractivity contribution is 0.315. The Bertz CT molecular complexity index is 786. The molecule has 0 amide bonds. The van der Waals surface area contributed by atoms with Gasteiger partial charge in [0.1, 0.15) is 0 Å². The number of aromatic nitrogens is 5. The van der Waals surface area contributed by atoms with Gasteiger partial charge < -0.3 is 9.14 Å². The molecule has 7 heteroatoms. The number of ether oxygens (including phenoxy) is 1. The maximum absolute atomic E-state index is 5.87. The smallest absolute Gasteiger partial charge is 0.258 e. The van der Waals surface area contributed by atoms with Gasteiger partial charge in [0.25, 0.3) is 5.88 Å². The van der Waals surface area contributed by atoms with E-state index in [9.17, 15) is 0 Å². The second-order valence-corrected chi connectivity index (χ2v) is 4.67. The average Bonchev–Trinajstić information content (AvgIpc) is 2.96. The van der Waals surface area contributed by atoms with Crippen LogP contribution in [0.4, 0.5) is 0 Å². The minimum Gasteiger partial charge on any atom is -0.475 e. The van der Waals surface area contributed by atoms with Crippen molar-refractivity contribution in [1.82, 2.24) is 24.6 Å². The average molecular weight is 302 g/mol. The molecule has 0 aliphatic carbocycles. The number of imidazole rings is 1. The molecule has 0 aromatic carbocycles. The van der Waals surface area contributed by atoms with Crippen molar-refractivity contribution in [3.8, 4) is 17.1 Å². The highest BCUT2D eigenvalue weighted by molar-refractivity contribution is 6.29. The summed E-state index contributed by atoms with van der Waals surface area (Å²) in [7, 11) is 0. The summed E-state index contributed by atoms with van der Waals surface area (Å²) < 4.78 is 7.52. The molecule has 3 aromatic heterocycles. The quantitative estimate of drug-likeness (QED) is 0.535. The van der Waals surface area contributed by atoms with E-state index in [1.165, 1.54) is 0 Å². The van der Waals surface area contributed by atoms with E-state index in [4.69, 9.17) is 16.3 Å². The summed E-state index contributed by atoms with van der Waals surface area (Å²) in [5, 5.41) is 7.87. The van der Waals surface area contributed by atoms with Gasteiger partial charge in [-0.25, -0.2) is 9.97 Å². The Balaban J connectivity index is 2.05. The van der Waals surface area contributed by atoms with Crippen molar-refractivity contribution in [1.29, 1.82) is 0 Å². The van der Waals surface area contributed by atoms with Crippen LogP contribution in [0, 0.1) is 0 Å². The van der Waals surface area contributed by atoms with E-state index in [0.717, 1.165) is 12.0 Å². The maximum atomic E-state index is 5.87.